The van der Waals surface area contributed by atoms with Crippen LogP contribution >= 0.6 is 23.1 Å². The molecule has 0 radical (unpaired) electrons. The highest BCUT2D eigenvalue weighted by Crippen LogP contribution is 2.26. The average Bonchev–Trinajstić information content (AvgIpc) is 2.77. The number of anilines is 1. The van der Waals surface area contributed by atoms with E-state index in [-0.39, 0.29) is 11.5 Å². The molecular weight excluding hydrogens is 278 g/mol. The molecule has 0 spiro atoms. The van der Waals surface area contributed by atoms with Crippen molar-refractivity contribution in [2.24, 2.45) is 0 Å². The fraction of sp³-hybridized carbons (Fsp3) is 0.429. The molecule has 3 nitrogen and oxygen atoms in total. The van der Waals surface area contributed by atoms with E-state index in [2.05, 4.69) is 48.4 Å². The highest BCUT2D eigenvalue weighted by atomic mass is 35.5. The molecule has 0 fully saturated rings. The predicted molar refractivity (Wildman–Crippen MR) is 82.1 cm³/mol. The molecule has 2 aromatic rings. The lowest BCUT2D eigenvalue weighted by atomic mass is 9.96. The first kappa shape index (κ1) is 14.3. The molecule has 0 aliphatic heterocycles. The summed E-state index contributed by atoms with van der Waals surface area (Å²) in [6.07, 6.45) is 0. The third-order valence-electron chi connectivity index (χ3n) is 2.79. The van der Waals surface area contributed by atoms with Crippen LogP contribution in [0.3, 0.4) is 0 Å². The van der Waals surface area contributed by atoms with Crippen molar-refractivity contribution in [3.8, 4) is 0 Å². The van der Waals surface area contributed by atoms with Gasteiger partial charge in [0, 0.05) is 22.0 Å². The second-order valence-corrected chi connectivity index (χ2v) is 6.78. The molecule has 5 heteroatoms. The molecule has 0 amide bonds. The smallest absolute Gasteiger partial charge is 0.203 e. The molecule has 1 atom stereocenters. The molecular formula is C14H18ClN3S. The number of rotatable bonds is 3. The molecule has 1 aromatic heterocycles. The van der Waals surface area contributed by atoms with Gasteiger partial charge in [0.1, 0.15) is 5.82 Å². The van der Waals surface area contributed by atoms with Crippen LogP contribution in [0.4, 0.5) is 5.13 Å². The largest absolute Gasteiger partial charge is 0.354 e. The van der Waals surface area contributed by atoms with E-state index in [1.807, 2.05) is 18.2 Å². The summed E-state index contributed by atoms with van der Waals surface area (Å²) in [5.41, 5.74) is 1.12. The monoisotopic (exact) mass is 295 g/mol. The number of halogens is 1. The standard InChI is InChI=1S/C14H18ClN3S/c1-9(10-6-5-7-11(15)8-10)16-13-17-12(18-19-13)14(2,3)4/h5-9H,1-4H3,(H,16,17,18). The maximum absolute atomic E-state index is 6.00. The van der Waals surface area contributed by atoms with Gasteiger partial charge in [-0.15, -0.1) is 0 Å². The highest BCUT2D eigenvalue weighted by Gasteiger charge is 2.20. The average molecular weight is 296 g/mol. The van der Waals surface area contributed by atoms with Gasteiger partial charge in [0.05, 0.1) is 6.04 Å². The lowest BCUT2D eigenvalue weighted by molar-refractivity contribution is 0.555. The Kier molecular flexibility index (Phi) is 4.11. The molecule has 0 aliphatic carbocycles. The highest BCUT2D eigenvalue weighted by molar-refractivity contribution is 7.09. The number of nitrogens with one attached hydrogen (secondary N) is 1. The van der Waals surface area contributed by atoms with Gasteiger partial charge in [0.25, 0.3) is 0 Å². The molecule has 19 heavy (non-hydrogen) atoms. The topological polar surface area (TPSA) is 37.8 Å². The fourth-order valence-corrected chi connectivity index (χ4v) is 2.67. The van der Waals surface area contributed by atoms with Crippen molar-refractivity contribution in [2.45, 2.75) is 39.2 Å². The van der Waals surface area contributed by atoms with Crippen molar-refractivity contribution in [3.63, 3.8) is 0 Å². The predicted octanol–water partition coefficient (Wildman–Crippen LogP) is 4.66. The summed E-state index contributed by atoms with van der Waals surface area (Å²) in [5, 5.41) is 4.96. The molecule has 102 valence electrons. The van der Waals surface area contributed by atoms with Gasteiger partial charge in [0.2, 0.25) is 5.13 Å². The minimum atomic E-state index is -0.0181. The van der Waals surface area contributed by atoms with E-state index in [1.54, 1.807) is 0 Å². The summed E-state index contributed by atoms with van der Waals surface area (Å²) in [5.74, 6) is 0.873. The third-order valence-corrected chi connectivity index (χ3v) is 3.67. The van der Waals surface area contributed by atoms with Crippen LogP contribution in [0.15, 0.2) is 24.3 Å². The first-order valence-corrected chi connectivity index (χ1v) is 7.37. The summed E-state index contributed by atoms with van der Waals surface area (Å²) in [6, 6.07) is 8.00. The van der Waals surface area contributed by atoms with Crippen molar-refractivity contribution in [1.82, 2.24) is 9.36 Å². The van der Waals surface area contributed by atoms with E-state index in [4.69, 9.17) is 11.6 Å². The zero-order valence-corrected chi connectivity index (χ0v) is 13.1. The molecule has 1 heterocycles. The van der Waals surface area contributed by atoms with Gasteiger partial charge in [-0.3, -0.25) is 0 Å². The minimum absolute atomic E-state index is 0.0181. The van der Waals surface area contributed by atoms with E-state index in [9.17, 15) is 0 Å². The zero-order chi connectivity index (χ0) is 14.0. The Hall–Kier alpha value is -1.13. The minimum Gasteiger partial charge on any atom is -0.354 e. The lowest BCUT2D eigenvalue weighted by Crippen LogP contribution is -2.13. The summed E-state index contributed by atoms with van der Waals surface area (Å²) < 4.78 is 4.39. The van der Waals surface area contributed by atoms with Crippen molar-refractivity contribution in [1.29, 1.82) is 0 Å². The summed E-state index contributed by atoms with van der Waals surface area (Å²) in [6.45, 7) is 8.42. The van der Waals surface area contributed by atoms with Gasteiger partial charge in [0.15, 0.2) is 0 Å². The normalized spacial score (nSPS) is 13.3. The Morgan fingerprint density at radius 1 is 1.32 bits per heavy atom. The van der Waals surface area contributed by atoms with Crippen molar-refractivity contribution < 1.29 is 0 Å². The number of hydrogen-bond acceptors (Lipinski definition) is 4. The van der Waals surface area contributed by atoms with Gasteiger partial charge < -0.3 is 5.32 Å². The number of benzene rings is 1. The van der Waals surface area contributed by atoms with E-state index in [1.165, 1.54) is 11.5 Å². The van der Waals surface area contributed by atoms with Gasteiger partial charge in [-0.25, -0.2) is 4.98 Å². The maximum Gasteiger partial charge on any atom is 0.203 e. The van der Waals surface area contributed by atoms with Crippen molar-refractivity contribution in [2.75, 3.05) is 5.32 Å². The lowest BCUT2D eigenvalue weighted by Gasteiger charge is -2.14. The number of nitrogens with zero attached hydrogens (tertiary/aromatic N) is 2. The summed E-state index contributed by atoms with van der Waals surface area (Å²) in [4.78, 5) is 4.53. The van der Waals surface area contributed by atoms with E-state index < -0.39 is 0 Å². The van der Waals surface area contributed by atoms with E-state index in [0.29, 0.717) is 0 Å². The van der Waals surface area contributed by atoms with Crippen LogP contribution < -0.4 is 5.32 Å². The molecule has 0 bridgehead atoms. The Morgan fingerprint density at radius 2 is 2.05 bits per heavy atom. The van der Waals surface area contributed by atoms with Gasteiger partial charge in [-0.2, -0.15) is 4.37 Å². The molecule has 0 saturated heterocycles. The Morgan fingerprint density at radius 3 is 2.63 bits per heavy atom. The SMILES string of the molecule is CC(Nc1nc(C(C)(C)C)ns1)c1cccc(Cl)c1. The fourth-order valence-electron chi connectivity index (χ4n) is 1.63. The quantitative estimate of drug-likeness (QED) is 0.895. The first-order valence-electron chi connectivity index (χ1n) is 6.22. The van der Waals surface area contributed by atoms with Crippen molar-refractivity contribution >= 4 is 28.3 Å². The molecule has 2 rings (SSSR count). The second-order valence-electron chi connectivity index (χ2n) is 5.59. The first-order chi connectivity index (χ1) is 8.86. The maximum atomic E-state index is 6.00. The molecule has 1 aromatic carbocycles. The van der Waals surface area contributed by atoms with Crippen LogP contribution in [0.2, 0.25) is 5.02 Å². The number of aromatic nitrogens is 2. The van der Waals surface area contributed by atoms with E-state index in [0.717, 1.165) is 21.5 Å². The summed E-state index contributed by atoms with van der Waals surface area (Å²) >= 11 is 7.40. The van der Waals surface area contributed by atoms with Gasteiger partial charge >= 0.3 is 0 Å². The Balaban J connectivity index is 2.11. The molecule has 0 aliphatic rings. The molecule has 1 N–H and O–H groups in total. The van der Waals surface area contributed by atoms with Crippen LogP contribution in [0.25, 0.3) is 0 Å². The molecule has 1 unspecified atom stereocenters. The summed E-state index contributed by atoms with van der Waals surface area (Å²) in [7, 11) is 0. The second kappa shape index (κ2) is 5.47. The van der Waals surface area contributed by atoms with E-state index >= 15 is 0 Å². The molecule has 0 saturated carbocycles. The Labute approximate surface area is 123 Å². The number of hydrogen-bond donors (Lipinski definition) is 1. The van der Waals surface area contributed by atoms with Crippen LogP contribution in [-0.4, -0.2) is 9.36 Å². The van der Waals surface area contributed by atoms with Crippen LogP contribution in [-0.2, 0) is 5.41 Å². The Bertz CT molecular complexity index is 560. The van der Waals surface area contributed by atoms with Crippen LogP contribution in [0.1, 0.15) is 45.1 Å². The van der Waals surface area contributed by atoms with Gasteiger partial charge in [-0.1, -0.05) is 44.5 Å². The zero-order valence-electron chi connectivity index (χ0n) is 11.6. The van der Waals surface area contributed by atoms with Crippen LogP contribution in [0.5, 0.6) is 0 Å². The van der Waals surface area contributed by atoms with Crippen molar-refractivity contribution in [3.05, 3.63) is 40.7 Å². The van der Waals surface area contributed by atoms with Crippen LogP contribution in [0, 0.1) is 0 Å². The third kappa shape index (κ3) is 3.67. The van der Waals surface area contributed by atoms with Gasteiger partial charge in [-0.05, 0) is 24.6 Å².